The van der Waals surface area contributed by atoms with Gasteiger partial charge in [-0.15, -0.1) is 0 Å². The van der Waals surface area contributed by atoms with E-state index in [0.29, 0.717) is 4.48 Å². The molecule has 0 aromatic rings. The Labute approximate surface area is 74.9 Å². The average molecular weight is 197 g/mol. The highest BCUT2D eigenvalue weighted by Crippen LogP contribution is 2.20. The van der Waals surface area contributed by atoms with Crippen LogP contribution >= 0.6 is 7.37 Å². The molecule has 0 saturated carbocycles. The number of quaternary nitrogens is 1. The number of hydrogen-bond donors (Lipinski definition) is 1. The van der Waals surface area contributed by atoms with Gasteiger partial charge in [0, 0.05) is 14.3 Å². The maximum Gasteiger partial charge on any atom is 0.187 e. The Balaban J connectivity index is 0. The zero-order chi connectivity index (χ0) is 10.6. The van der Waals surface area contributed by atoms with Crippen molar-refractivity contribution in [1.82, 2.24) is 0 Å². The highest BCUT2D eigenvalue weighted by molar-refractivity contribution is 7.54. The van der Waals surface area contributed by atoms with E-state index in [9.17, 15) is 9.46 Å². The molecule has 1 N–H and O–H groups in total. The van der Waals surface area contributed by atoms with Crippen LogP contribution in [0.25, 0.3) is 0 Å². The molecular formula is C7H20NO3P. The summed E-state index contributed by atoms with van der Waals surface area (Å²) in [7, 11) is 2.96. The molecule has 76 valence electrons. The summed E-state index contributed by atoms with van der Waals surface area (Å²) < 4.78 is 10.3. The van der Waals surface area contributed by atoms with Crippen molar-refractivity contribution in [3.63, 3.8) is 0 Å². The van der Waals surface area contributed by atoms with Crippen LogP contribution in [0.1, 0.15) is 6.92 Å². The molecular weight excluding hydrogens is 177 g/mol. The summed E-state index contributed by atoms with van der Waals surface area (Å²) in [5, 5.41) is 8.86. The summed E-state index contributed by atoms with van der Waals surface area (Å²) in [6.45, 7) is 4.15. The van der Waals surface area contributed by atoms with Gasteiger partial charge in [0.2, 0.25) is 0 Å². The summed E-state index contributed by atoms with van der Waals surface area (Å²) in [6.07, 6.45) is -0.264. The Kier molecular flexibility index (Phi) is 6.06. The van der Waals surface area contributed by atoms with Crippen molar-refractivity contribution in [2.75, 3.05) is 34.5 Å². The first-order valence-electron chi connectivity index (χ1n) is 3.69. The maximum absolute atomic E-state index is 9.66. The molecule has 0 radical (unpaired) electrons. The molecule has 1 unspecified atom stereocenters. The fourth-order valence-corrected chi connectivity index (χ4v) is 0. The van der Waals surface area contributed by atoms with Gasteiger partial charge in [0.1, 0.15) is 0 Å². The molecule has 0 aliphatic carbocycles. The van der Waals surface area contributed by atoms with Gasteiger partial charge >= 0.3 is 0 Å². The molecule has 0 heterocycles. The molecule has 12 heavy (non-hydrogen) atoms. The van der Waals surface area contributed by atoms with Crippen LogP contribution in [0.4, 0.5) is 0 Å². The second kappa shape index (κ2) is 4.97. The minimum absolute atomic E-state index is 0.264. The fourth-order valence-electron chi connectivity index (χ4n) is 0. The van der Waals surface area contributed by atoms with Crippen LogP contribution in [0, 0.1) is 0 Å². The van der Waals surface area contributed by atoms with Gasteiger partial charge in [-0.2, -0.15) is 0 Å². The number of aliphatic hydroxyl groups excluding tert-OH is 1. The van der Waals surface area contributed by atoms with Crippen molar-refractivity contribution < 1.29 is 19.0 Å². The molecule has 0 saturated heterocycles. The van der Waals surface area contributed by atoms with Crippen LogP contribution in [0.2, 0.25) is 0 Å². The van der Waals surface area contributed by atoms with Gasteiger partial charge in [0.15, 0.2) is 6.23 Å². The Morgan fingerprint density at radius 2 is 1.42 bits per heavy atom. The third kappa shape index (κ3) is 22.5. The average Bonchev–Trinajstić information content (AvgIpc) is 1.55. The fraction of sp³-hybridized carbons (Fsp3) is 1.00. The minimum Gasteiger partial charge on any atom is -0.800 e. The SMILES string of the molecule is CC(O)[N+](C)(C)C.CP(C)(=O)[O-]. The molecule has 5 heteroatoms. The predicted molar refractivity (Wildman–Crippen MR) is 49.2 cm³/mol. The molecule has 0 fully saturated rings. The van der Waals surface area contributed by atoms with Crippen LogP contribution in [-0.4, -0.2) is 50.3 Å². The van der Waals surface area contributed by atoms with E-state index in [1.165, 1.54) is 13.3 Å². The zero-order valence-electron chi connectivity index (χ0n) is 8.74. The summed E-state index contributed by atoms with van der Waals surface area (Å²) in [5.41, 5.74) is 0. The van der Waals surface area contributed by atoms with Crippen molar-refractivity contribution in [2.45, 2.75) is 13.2 Å². The van der Waals surface area contributed by atoms with E-state index in [1.54, 1.807) is 6.92 Å². The number of rotatable bonds is 1. The molecule has 0 aromatic heterocycles. The van der Waals surface area contributed by atoms with E-state index >= 15 is 0 Å². The van der Waals surface area contributed by atoms with Crippen LogP contribution in [-0.2, 0) is 4.57 Å². The van der Waals surface area contributed by atoms with E-state index in [1.807, 2.05) is 21.1 Å². The Morgan fingerprint density at radius 3 is 1.42 bits per heavy atom. The van der Waals surface area contributed by atoms with Crippen molar-refractivity contribution in [1.29, 1.82) is 0 Å². The molecule has 0 rings (SSSR count). The second-order valence-electron chi connectivity index (χ2n) is 4.00. The molecule has 0 amide bonds. The minimum atomic E-state index is -2.89. The molecule has 0 spiro atoms. The van der Waals surface area contributed by atoms with Gasteiger partial charge in [-0.3, -0.25) is 0 Å². The summed E-state index contributed by atoms with van der Waals surface area (Å²) >= 11 is 0. The molecule has 0 aliphatic heterocycles. The molecule has 0 aliphatic rings. The monoisotopic (exact) mass is 197 g/mol. The lowest BCUT2D eigenvalue weighted by atomic mass is 10.5. The highest BCUT2D eigenvalue weighted by atomic mass is 31.2. The number of aliphatic hydroxyl groups is 1. The molecule has 4 nitrogen and oxygen atoms in total. The zero-order valence-corrected chi connectivity index (χ0v) is 9.63. The first-order chi connectivity index (χ1) is 4.94. The molecule has 0 bridgehead atoms. The topological polar surface area (TPSA) is 60.4 Å². The lowest BCUT2D eigenvalue weighted by Gasteiger charge is -2.26. The molecule has 0 aromatic carbocycles. The van der Waals surface area contributed by atoms with Crippen molar-refractivity contribution >= 4 is 7.37 Å². The van der Waals surface area contributed by atoms with Gasteiger partial charge in [-0.25, -0.2) is 0 Å². The van der Waals surface area contributed by atoms with Crippen LogP contribution < -0.4 is 4.89 Å². The van der Waals surface area contributed by atoms with Crippen molar-refractivity contribution in [3.8, 4) is 0 Å². The maximum atomic E-state index is 9.66. The smallest absolute Gasteiger partial charge is 0.187 e. The predicted octanol–water partition coefficient (Wildman–Crippen LogP) is -0.0847. The van der Waals surface area contributed by atoms with Crippen molar-refractivity contribution in [2.24, 2.45) is 0 Å². The Bertz CT molecular complexity index is 148. The summed E-state index contributed by atoms with van der Waals surface area (Å²) in [6, 6.07) is 0. The van der Waals surface area contributed by atoms with E-state index in [0.717, 1.165) is 0 Å². The second-order valence-corrected chi connectivity index (χ2v) is 6.50. The standard InChI is InChI=1S/C5H14NO.C2H7O2P/c1-5(7)6(2,3)4;1-5(2,3)4/h5,7H,1-4H3;1-2H3,(H,3,4)/q+1;/p-1. The first kappa shape index (κ1) is 14.6. The van der Waals surface area contributed by atoms with E-state index in [-0.39, 0.29) is 6.23 Å². The van der Waals surface area contributed by atoms with Gasteiger partial charge in [-0.05, 0) is 13.3 Å². The van der Waals surface area contributed by atoms with Gasteiger partial charge in [0.05, 0.1) is 21.1 Å². The third-order valence-corrected chi connectivity index (χ3v) is 1.12. The number of hydrogen-bond acceptors (Lipinski definition) is 3. The van der Waals surface area contributed by atoms with Crippen LogP contribution in [0.3, 0.4) is 0 Å². The largest absolute Gasteiger partial charge is 0.800 e. The van der Waals surface area contributed by atoms with Gasteiger partial charge in [-0.1, -0.05) is 0 Å². The molecule has 1 atom stereocenters. The summed E-state index contributed by atoms with van der Waals surface area (Å²) in [5.74, 6) is 0. The third-order valence-electron chi connectivity index (χ3n) is 1.12. The summed E-state index contributed by atoms with van der Waals surface area (Å²) in [4.78, 5) is 9.66. The first-order valence-corrected chi connectivity index (χ1v) is 6.21. The lowest BCUT2D eigenvalue weighted by Crippen LogP contribution is -2.42. The van der Waals surface area contributed by atoms with Gasteiger partial charge in [0.25, 0.3) is 0 Å². The van der Waals surface area contributed by atoms with E-state index < -0.39 is 7.37 Å². The van der Waals surface area contributed by atoms with E-state index in [2.05, 4.69) is 0 Å². The highest BCUT2D eigenvalue weighted by Gasteiger charge is 2.12. The Hall–Kier alpha value is 0.110. The Morgan fingerprint density at radius 1 is 1.33 bits per heavy atom. The van der Waals surface area contributed by atoms with Crippen LogP contribution in [0.15, 0.2) is 0 Å². The lowest BCUT2D eigenvalue weighted by molar-refractivity contribution is -0.916. The van der Waals surface area contributed by atoms with Gasteiger partial charge < -0.3 is 19.0 Å². The number of nitrogens with zero attached hydrogens (tertiary/aromatic N) is 1. The quantitative estimate of drug-likeness (QED) is 0.363. The van der Waals surface area contributed by atoms with Crippen molar-refractivity contribution in [3.05, 3.63) is 0 Å². The van der Waals surface area contributed by atoms with Crippen LogP contribution in [0.5, 0.6) is 0 Å². The normalized spacial score (nSPS) is 14.7. The van der Waals surface area contributed by atoms with E-state index in [4.69, 9.17) is 5.11 Å².